The van der Waals surface area contributed by atoms with Gasteiger partial charge in [-0.2, -0.15) is 0 Å². The van der Waals surface area contributed by atoms with Crippen LogP contribution in [0.4, 0.5) is 5.95 Å². The summed E-state index contributed by atoms with van der Waals surface area (Å²) in [7, 11) is 1.89. The van der Waals surface area contributed by atoms with E-state index in [0.29, 0.717) is 12.1 Å². The molecule has 8 nitrogen and oxygen atoms in total. The number of furan rings is 1. The van der Waals surface area contributed by atoms with E-state index in [0.717, 1.165) is 80.3 Å². The van der Waals surface area contributed by atoms with Crippen molar-refractivity contribution in [3.05, 3.63) is 114 Å². The van der Waals surface area contributed by atoms with Crippen LogP contribution in [0, 0.1) is 0 Å². The number of pyridine rings is 1. The molecule has 4 heterocycles. The van der Waals surface area contributed by atoms with Gasteiger partial charge in [-0.1, -0.05) is 36.4 Å². The average molecular weight is 563 g/mol. The number of fused-ring (bicyclic) bond motifs is 1. The van der Waals surface area contributed by atoms with Gasteiger partial charge in [-0.25, -0.2) is 4.98 Å². The molecule has 1 unspecified atom stereocenters. The maximum Gasteiger partial charge on any atom is 0.253 e. The van der Waals surface area contributed by atoms with Gasteiger partial charge in [0.05, 0.1) is 30.1 Å². The van der Waals surface area contributed by atoms with Gasteiger partial charge in [-0.15, -0.1) is 0 Å². The highest BCUT2D eigenvalue weighted by molar-refractivity contribution is 5.94. The third kappa shape index (κ3) is 6.39. The first kappa shape index (κ1) is 27.7. The average Bonchev–Trinajstić information content (AvgIpc) is 3.62. The van der Waals surface area contributed by atoms with Gasteiger partial charge >= 0.3 is 0 Å². The number of carbonyl (C=O) groups excluding carboxylic acids is 1. The summed E-state index contributed by atoms with van der Waals surface area (Å²) in [5.74, 6) is 1.22. The molecule has 42 heavy (non-hydrogen) atoms. The quantitative estimate of drug-likeness (QED) is 0.223. The third-order valence-corrected chi connectivity index (χ3v) is 8.19. The number of benzene rings is 2. The Bertz CT molecular complexity index is 1570. The molecule has 2 aromatic carbocycles. The molecule has 1 fully saturated rings. The summed E-state index contributed by atoms with van der Waals surface area (Å²) in [6.45, 7) is 6.18. The Morgan fingerprint density at radius 3 is 2.60 bits per heavy atom. The van der Waals surface area contributed by atoms with E-state index in [4.69, 9.17) is 9.40 Å². The lowest BCUT2D eigenvalue weighted by molar-refractivity contribution is 0.0782. The van der Waals surface area contributed by atoms with Gasteiger partial charge in [0.25, 0.3) is 5.91 Å². The van der Waals surface area contributed by atoms with Crippen molar-refractivity contribution in [2.24, 2.45) is 0 Å². The minimum atomic E-state index is 0.0419. The second kappa shape index (κ2) is 13.0. The molecule has 5 aromatic rings. The van der Waals surface area contributed by atoms with Crippen molar-refractivity contribution >= 4 is 22.9 Å². The van der Waals surface area contributed by atoms with Crippen LogP contribution >= 0.6 is 0 Å². The number of aromatic nitrogens is 3. The number of nitrogens with zero attached hydrogens (tertiary/aromatic N) is 6. The maximum atomic E-state index is 13.1. The van der Waals surface area contributed by atoms with E-state index in [1.165, 1.54) is 0 Å². The molecule has 216 valence electrons. The lowest BCUT2D eigenvalue weighted by atomic mass is 9.99. The molecule has 0 bridgehead atoms. The molecule has 1 amide bonds. The SMILES string of the molecule is CN(CC(CCN1CCCN(c2nc3ccccc3n2Cc2ccoc2)CC1)c1ccccn1)C(=O)c1ccccc1. The molecule has 1 saturated heterocycles. The smallest absolute Gasteiger partial charge is 0.253 e. The van der Waals surface area contributed by atoms with Crippen molar-refractivity contribution in [1.29, 1.82) is 0 Å². The number of hydrogen-bond acceptors (Lipinski definition) is 6. The monoisotopic (exact) mass is 562 g/mol. The number of anilines is 1. The van der Waals surface area contributed by atoms with Gasteiger partial charge in [-0.05, 0) is 68.4 Å². The van der Waals surface area contributed by atoms with Crippen LogP contribution in [-0.4, -0.2) is 76.6 Å². The van der Waals surface area contributed by atoms with Gasteiger partial charge < -0.3 is 23.7 Å². The van der Waals surface area contributed by atoms with E-state index in [1.807, 2.05) is 79.0 Å². The van der Waals surface area contributed by atoms with Crippen molar-refractivity contribution < 1.29 is 9.21 Å². The summed E-state index contributed by atoms with van der Waals surface area (Å²) in [5, 5.41) is 0. The largest absolute Gasteiger partial charge is 0.472 e. The molecule has 3 aromatic heterocycles. The Hall–Kier alpha value is -4.43. The molecule has 0 N–H and O–H groups in total. The number of hydrogen-bond donors (Lipinski definition) is 0. The van der Waals surface area contributed by atoms with Gasteiger partial charge in [0.15, 0.2) is 0 Å². The highest BCUT2D eigenvalue weighted by Gasteiger charge is 2.24. The maximum absolute atomic E-state index is 13.1. The van der Waals surface area contributed by atoms with Crippen molar-refractivity contribution in [3.63, 3.8) is 0 Å². The van der Waals surface area contributed by atoms with Crippen molar-refractivity contribution in [3.8, 4) is 0 Å². The normalized spacial score (nSPS) is 15.0. The first-order valence-electron chi connectivity index (χ1n) is 14.8. The summed E-state index contributed by atoms with van der Waals surface area (Å²) >= 11 is 0. The predicted octanol–water partition coefficient (Wildman–Crippen LogP) is 5.53. The Morgan fingerprint density at radius 2 is 1.79 bits per heavy atom. The molecule has 0 spiro atoms. The van der Waals surface area contributed by atoms with Crippen LogP contribution in [0.1, 0.15) is 40.4 Å². The second-order valence-corrected chi connectivity index (χ2v) is 11.1. The molecular weight excluding hydrogens is 524 g/mol. The number of imidazole rings is 1. The second-order valence-electron chi connectivity index (χ2n) is 11.1. The fraction of sp³-hybridized carbons (Fsp3) is 0.324. The first-order chi connectivity index (χ1) is 20.7. The molecule has 1 aliphatic heterocycles. The molecular formula is C34H38N6O2. The van der Waals surface area contributed by atoms with E-state index in [9.17, 15) is 4.79 Å². The van der Waals surface area contributed by atoms with Crippen LogP contribution in [0.5, 0.6) is 0 Å². The Balaban J connectivity index is 1.13. The molecule has 8 heteroatoms. The fourth-order valence-electron chi connectivity index (χ4n) is 5.92. The van der Waals surface area contributed by atoms with Gasteiger partial charge in [-0.3, -0.25) is 9.78 Å². The van der Waals surface area contributed by atoms with Crippen LogP contribution in [0.25, 0.3) is 11.0 Å². The highest BCUT2D eigenvalue weighted by atomic mass is 16.3. The molecule has 6 rings (SSSR count). The van der Waals surface area contributed by atoms with Crippen molar-refractivity contribution in [2.75, 3.05) is 51.2 Å². The van der Waals surface area contributed by atoms with Gasteiger partial charge in [0.1, 0.15) is 0 Å². The molecule has 0 saturated carbocycles. The van der Waals surface area contributed by atoms with E-state index >= 15 is 0 Å². The predicted molar refractivity (Wildman–Crippen MR) is 166 cm³/mol. The van der Waals surface area contributed by atoms with E-state index in [2.05, 4.69) is 43.6 Å². The Morgan fingerprint density at radius 1 is 0.952 bits per heavy atom. The number of rotatable bonds is 10. The third-order valence-electron chi connectivity index (χ3n) is 8.19. The minimum Gasteiger partial charge on any atom is -0.472 e. The molecule has 0 aliphatic carbocycles. The number of likely N-dealkylation sites (N-methyl/N-ethyl adjacent to an activating group) is 1. The standard InChI is InChI=1S/C34H38N6O2/c1-37(33(41)28-10-3-2-4-11-28)25-29(30-12-7-8-17-35-30)15-20-38-18-9-19-39(22-21-38)34-36-31-13-5-6-14-32(31)40(34)24-27-16-23-42-26-27/h2-8,10-14,16-17,23,26,29H,9,15,18-22,24-25H2,1H3. The van der Waals surface area contributed by atoms with Crippen LogP contribution in [0.15, 0.2) is 102 Å². The Labute approximate surface area is 247 Å². The topological polar surface area (TPSA) is 70.6 Å². The minimum absolute atomic E-state index is 0.0419. The van der Waals surface area contributed by atoms with E-state index in [1.54, 1.807) is 6.26 Å². The summed E-state index contributed by atoms with van der Waals surface area (Å²) in [5.41, 5.74) is 5.04. The van der Waals surface area contributed by atoms with Crippen molar-refractivity contribution in [2.45, 2.75) is 25.3 Å². The van der Waals surface area contributed by atoms with Gasteiger partial charge in [0.2, 0.25) is 5.95 Å². The molecule has 1 aliphatic rings. The zero-order valence-corrected chi connectivity index (χ0v) is 24.2. The highest BCUT2D eigenvalue weighted by Crippen LogP contribution is 2.26. The van der Waals surface area contributed by atoms with Crippen LogP contribution in [0.2, 0.25) is 0 Å². The van der Waals surface area contributed by atoms with Crippen LogP contribution in [-0.2, 0) is 6.54 Å². The molecule has 1 atom stereocenters. The summed E-state index contributed by atoms with van der Waals surface area (Å²) in [6.07, 6.45) is 7.38. The number of amides is 1. The van der Waals surface area contributed by atoms with E-state index < -0.39 is 0 Å². The van der Waals surface area contributed by atoms with Gasteiger partial charge in [0, 0.05) is 62.2 Å². The summed E-state index contributed by atoms with van der Waals surface area (Å²) in [4.78, 5) is 29.7. The first-order valence-corrected chi connectivity index (χ1v) is 14.8. The summed E-state index contributed by atoms with van der Waals surface area (Å²) < 4.78 is 7.66. The number of para-hydroxylation sites is 2. The van der Waals surface area contributed by atoms with Crippen molar-refractivity contribution in [1.82, 2.24) is 24.3 Å². The van der Waals surface area contributed by atoms with Crippen LogP contribution < -0.4 is 4.90 Å². The number of carbonyl (C=O) groups is 1. The van der Waals surface area contributed by atoms with Crippen LogP contribution in [0.3, 0.4) is 0 Å². The lowest BCUT2D eigenvalue weighted by Gasteiger charge is -2.27. The zero-order chi connectivity index (χ0) is 28.7. The summed E-state index contributed by atoms with van der Waals surface area (Å²) in [6, 6.07) is 26.0. The van der Waals surface area contributed by atoms with E-state index in [-0.39, 0.29) is 11.8 Å². The lowest BCUT2D eigenvalue weighted by Crippen LogP contribution is -2.35. The fourth-order valence-corrected chi connectivity index (χ4v) is 5.92. The zero-order valence-electron chi connectivity index (χ0n) is 24.2. The molecule has 0 radical (unpaired) electrons. The Kier molecular flexibility index (Phi) is 8.61.